The predicted octanol–water partition coefficient (Wildman–Crippen LogP) is 3.16. The zero-order valence-electron chi connectivity index (χ0n) is 20.1. The van der Waals surface area contributed by atoms with E-state index in [1.165, 1.54) is 0 Å². The number of hydrogen-bond acceptors (Lipinski definition) is 5. The van der Waals surface area contributed by atoms with Crippen molar-refractivity contribution in [3.05, 3.63) is 76.6 Å². The molecule has 1 aliphatic rings. The number of benzene rings is 2. The molecule has 2 aromatic carbocycles. The van der Waals surface area contributed by atoms with E-state index in [4.69, 9.17) is 9.47 Å². The first kappa shape index (κ1) is 23.4. The third-order valence-electron chi connectivity index (χ3n) is 6.09. The average Bonchev–Trinajstić information content (AvgIpc) is 3.19. The lowest BCUT2D eigenvalue weighted by molar-refractivity contribution is 0.0535. The van der Waals surface area contributed by atoms with E-state index in [2.05, 4.69) is 5.10 Å². The van der Waals surface area contributed by atoms with E-state index in [1.807, 2.05) is 48.9 Å². The topological polar surface area (TPSA) is 76.9 Å². The van der Waals surface area contributed by atoms with E-state index in [0.29, 0.717) is 55.3 Å². The molecule has 8 nitrogen and oxygen atoms in total. The minimum absolute atomic E-state index is 0.0205. The highest BCUT2D eigenvalue weighted by atomic mass is 16.5. The van der Waals surface area contributed by atoms with Crippen LogP contribution in [-0.4, -0.2) is 71.8 Å². The molecule has 34 heavy (non-hydrogen) atoms. The molecular weight excluding hydrogens is 432 g/mol. The Balaban J connectivity index is 1.36. The van der Waals surface area contributed by atoms with Crippen LogP contribution in [-0.2, 0) is 6.54 Å². The molecule has 0 bridgehead atoms. The Labute approximate surface area is 199 Å². The molecule has 0 atom stereocenters. The van der Waals surface area contributed by atoms with Crippen molar-refractivity contribution in [3.63, 3.8) is 0 Å². The van der Waals surface area contributed by atoms with Crippen molar-refractivity contribution in [2.75, 3.05) is 40.4 Å². The van der Waals surface area contributed by atoms with Gasteiger partial charge < -0.3 is 19.3 Å². The minimum atomic E-state index is -0.0993. The van der Waals surface area contributed by atoms with Crippen LogP contribution >= 0.6 is 0 Å². The van der Waals surface area contributed by atoms with Gasteiger partial charge in [-0.3, -0.25) is 14.3 Å². The smallest absolute Gasteiger partial charge is 0.254 e. The largest absolute Gasteiger partial charge is 0.497 e. The summed E-state index contributed by atoms with van der Waals surface area (Å²) in [5, 5.41) is 4.49. The van der Waals surface area contributed by atoms with Crippen LogP contribution in [0.15, 0.2) is 48.5 Å². The van der Waals surface area contributed by atoms with Crippen LogP contribution in [0.3, 0.4) is 0 Å². The van der Waals surface area contributed by atoms with Gasteiger partial charge in [-0.15, -0.1) is 0 Å². The molecule has 1 aromatic heterocycles. The summed E-state index contributed by atoms with van der Waals surface area (Å²) in [6.07, 6.45) is 0. The first-order valence-corrected chi connectivity index (χ1v) is 11.3. The van der Waals surface area contributed by atoms with E-state index < -0.39 is 0 Å². The van der Waals surface area contributed by atoms with Gasteiger partial charge in [-0.1, -0.05) is 12.1 Å². The number of carbonyl (C=O) groups is 2. The van der Waals surface area contributed by atoms with Gasteiger partial charge in [-0.25, -0.2) is 0 Å². The summed E-state index contributed by atoms with van der Waals surface area (Å²) < 4.78 is 12.5. The first-order valence-electron chi connectivity index (χ1n) is 11.3. The molecule has 3 aromatic rings. The number of carbonyl (C=O) groups excluding carboxylic acids is 2. The van der Waals surface area contributed by atoms with Crippen molar-refractivity contribution >= 4 is 11.8 Å². The van der Waals surface area contributed by atoms with E-state index in [-0.39, 0.29) is 11.8 Å². The number of ether oxygens (including phenoxy) is 2. The van der Waals surface area contributed by atoms with Crippen molar-refractivity contribution in [1.82, 2.24) is 19.6 Å². The molecule has 0 unspecified atom stereocenters. The molecule has 4 rings (SSSR count). The highest BCUT2D eigenvalue weighted by Gasteiger charge is 2.26. The molecule has 8 heteroatoms. The lowest BCUT2D eigenvalue weighted by Gasteiger charge is -2.35. The lowest BCUT2D eigenvalue weighted by atomic mass is 10.1. The number of amides is 2. The SMILES string of the molecule is COc1cc(OC)cc(C(=O)N2CCN(C(=O)c3ccc(Cn4nc(C)cc4C)cc3)CC2)c1. The first-order chi connectivity index (χ1) is 16.4. The van der Waals surface area contributed by atoms with Crippen molar-refractivity contribution in [2.45, 2.75) is 20.4 Å². The Hall–Kier alpha value is -3.81. The van der Waals surface area contributed by atoms with Gasteiger partial charge in [0.2, 0.25) is 0 Å². The Morgan fingerprint density at radius 2 is 1.32 bits per heavy atom. The van der Waals surface area contributed by atoms with E-state index in [9.17, 15) is 9.59 Å². The average molecular weight is 463 g/mol. The van der Waals surface area contributed by atoms with Crippen LogP contribution in [0.2, 0.25) is 0 Å². The van der Waals surface area contributed by atoms with Gasteiger partial charge in [-0.05, 0) is 49.7 Å². The van der Waals surface area contributed by atoms with Crippen LogP contribution in [0, 0.1) is 13.8 Å². The molecule has 0 spiro atoms. The van der Waals surface area contributed by atoms with Gasteiger partial charge in [0.1, 0.15) is 11.5 Å². The maximum absolute atomic E-state index is 13.0. The summed E-state index contributed by atoms with van der Waals surface area (Å²) in [5.41, 5.74) is 4.35. The Kier molecular flexibility index (Phi) is 6.86. The highest BCUT2D eigenvalue weighted by molar-refractivity contribution is 5.96. The van der Waals surface area contributed by atoms with Crippen molar-refractivity contribution < 1.29 is 19.1 Å². The fraction of sp³-hybridized carbons (Fsp3) is 0.346. The Morgan fingerprint density at radius 3 is 1.79 bits per heavy atom. The molecule has 2 amide bonds. The van der Waals surface area contributed by atoms with Crippen LogP contribution in [0.4, 0.5) is 0 Å². The number of nitrogens with zero attached hydrogens (tertiary/aromatic N) is 4. The molecule has 0 aliphatic carbocycles. The number of rotatable bonds is 6. The molecular formula is C26H30N4O4. The molecule has 2 heterocycles. The van der Waals surface area contributed by atoms with Gasteiger partial charge >= 0.3 is 0 Å². The number of hydrogen-bond donors (Lipinski definition) is 0. The van der Waals surface area contributed by atoms with Gasteiger partial charge in [0.25, 0.3) is 11.8 Å². The number of piperazine rings is 1. The van der Waals surface area contributed by atoms with E-state index in [1.54, 1.807) is 42.2 Å². The van der Waals surface area contributed by atoms with Gasteiger partial charge in [0.15, 0.2) is 0 Å². The number of aromatic nitrogens is 2. The van der Waals surface area contributed by atoms with Crippen LogP contribution in [0.5, 0.6) is 11.5 Å². The predicted molar refractivity (Wildman–Crippen MR) is 129 cm³/mol. The molecule has 178 valence electrons. The zero-order chi connectivity index (χ0) is 24.2. The van der Waals surface area contributed by atoms with Crippen molar-refractivity contribution in [2.24, 2.45) is 0 Å². The van der Waals surface area contributed by atoms with Crippen molar-refractivity contribution in [3.8, 4) is 11.5 Å². The molecule has 0 radical (unpaired) electrons. The summed E-state index contributed by atoms with van der Waals surface area (Å²) in [4.78, 5) is 29.6. The van der Waals surface area contributed by atoms with Gasteiger partial charge in [0, 0.05) is 49.1 Å². The molecule has 1 saturated heterocycles. The summed E-state index contributed by atoms with van der Waals surface area (Å²) in [5.74, 6) is 1.02. The summed E-state index contributed by atoms with van der Waals surface area (Å²) >= 11 is 0. The van der Waals surface area contributed by atoms with Gasteiger partial charge in [-0.2, -0.15) is 5.10 Å². The van der Waals surface area contributed by atoms with Crippen LogP contribution < -0.4 is 9.47 Å². The summed E-state index contributed by atoms with van der Waals surface area (Å²) in [6, 6.07) is 14.9. The summed E-state index contributed by atoms with van der Waals surface area (Å²) in [7, 11) is 3.11. The Morgan fingerprint density at radius 1 is 0.794 bits per heavy atom. The normalized spacial score (nSPS) is 13.6. The van der Waals surface area contributed by atoms with E-state index >= 15 is 0 Å². The second-order valence-corrected chi connectivity index (χ2v) is 8.47. The number of aryl methyl sites for hydroxylation is 2. The lowest BCUT2D eigenvalue weighted by Crippen LogP contribution is -2.50. The standard InChI is InChI=1S/C26H30N4O4/c1-18-13-19(2)30(27-18)17-20-5-7-21(8-6-20)25(31)28-9-11-29(12-10-28)26(32)22-14-23(33-3)16-24(15-22)34-4/h5-8,13-16H,9-12,17H2,1-4H3. The highest BCUT2D eigenvalue weighted by Crippen LogP contribution is 2.24. The zero-order valence-corrected chi connectivity index (χ0v) is 20.1. The maximum Gasteiger partial charge on any atom is 0.254 e. The minimum Gasteiger partial charge on any atom is -0.497 e. The molecule has 1 aliphatic heterocycles. The third-order valence-corrected chi connectivity index (χ3v) is 6.09. The second kappa shape index (κ2) is 9.99. The van der Waals surface area contributed by atoms with Crippen molar-refractivity contribution in [1.29, 1.82) is 0 Å². The maximum atomic E-state index is 13.0. The Bertz CT molecular complexity index is 1160. The monoisotopic (exact) mass is 462 g/mol. The van der Waals surface area contributed by atoms with Gasteiger partial charge in [0.05, 0.1) is 26.5 Å². The molecule has 1 fully saturated rings. The fourth-order valence-corrected chi connectivity index (χ4v) is 4.17. The second-order valence-electron chi connectivity index (χ2n) is 8.47. The van der Waals surface area contributed by atoms with E-state index in [0.717, 1.165) is 17.0 Å². The third kappa shape index (κ3) is 5.06. The van der Waals surface area contributed by atoms with Crippen LogP contribution in [0.25, 0.3) is 0 Å². The molecule has 0 N–H and O–H groups in total. The number of methoxy groups -OCH3 is 2. The fourth-order valence-electron chi connectivity index (χ4n) is 4.17. The molecule has 0 saturated carbocycles. The van der Waals surface area contributed by atoms with Crippen LogP contribution in [0.1, 0.15) is 37.7 Å². The quantitative estimate of drug-likeness (QED) is 0.563. The summed E-state index contributed by atoms with van der Waals surface area (Å²) in [6.45, 7) is 6.60.